The number of fused-ring (bicyclic) bond motifs is 3. The van der Waals surface area contributed by atoms with Gasteiger partial charge in [0.1, 0.15) is 0 Å². The van der Waals surface area contributed by atoms with Crippen LogP contribution in [0.5, 0.6) is 0 Å². The van der Waals surface area contributed by atoms with Crippen LogP contribution in [0.2, 0.25) is 0 Å². The minimum absolute atomic E-state index is 0.0457. The minimum Gasteiger partial charge on any atom is -0.466 e. The Labute approximate surface area is 202 Å². The molecule has 1 heterocycles. The van der Waals surface area contributed by atoms with Crippen LogP contribution >= 0.6 is 0 Å². The zero-order valence-electron chi connectivity index (χ0n) is 20.5. The second kappa shape index (κ2) is 9.93. The predicted molar refractivity (Wildman–Crippen MR) is 130 cm³/mol. The summed E-state index contributed by atoms with van der Waals surface area (Å²) < 4.78 is 7.25. The highest BCUT2D eigenvalue weighted by Gasteiger charge is 2.37. The molecule has 3 aliphatic rings. The number of carbonyl (C=O) groups is 2. The molecule has 2 aromatic rings. The largest absolute Gasteiger partial charge is 0.466 e. The summed E-state index contributed by atoms with van der Waals surface area (Å²) in [4.78, 5) is 25.9. The van der Waals surface area contributed by atoms with Crippen LogP contribution in [0, 0.1) is 23.7 Å². The van der Waals surface area contributed by atoms with Gasteiger partial charge in [-0.25, -0.2) is 0 Å². The molecule has 0 aliphatic heterocycles. The van der Waals surface area contributed by atoms with Crippen LogP contribution in [0.1, 0.15) is 79.7 Å². The number of aromatic nitrogens is 2. The summed E-state index contributed by atoms with van der Waals surface area (Å²) in [5.41, 5.74) is 3.70. The Hall–Kier alpha value is -2.63. The highest BCUT2D eigenvalue weighted by Crippen LogP contribution is 2.42. The average molecular weight is 464 g/mol. The molecule has 5 rings (SSSR count). The molecular weight excluding hydrogens is 426 g/mol. The summed E-state index contributed by atoms with van der Waals surface area (Å²) in [6.45, 7) is 5.19. The Bertz CT molecular complexity index is 1010. The van der Waals surface area contributed by atoms with Crippen molar-refractivity contribution >= 4 is 11.9 Å². The van der Waals surface area contributed by atoms with E-state index >= 15 is 0 Å². The van der Waals surface area contributed by atoms with E-state index in [0.29, 0.717) is 38.1 Å². The van der Waals surface area contributed by atoms with Crippen LogP contribution < -0.4 is 5.32 Å². The predicted octanol–water partition coefficient (Wildman–Crippen LogP) is 4.54. The number of rotatable bonds is 6. The number of nitrogens with zero attached hydrogens (tertiary/aromatic N) is 2. The van der Waals surface area contributed by atoms with Crippen molar-refractivity contribution < 1.29 is 14.3 Å². The number of nitrogens with one attached hydrogen (secondary N) is 1. The number of ether oxygens (including phenoxy) is 1. The lowest BCUT2D eigenvalue weighted by Gasteiger charge is -2.41. The van der Waals surface area contributed by atoms with E-state index in [1.54, 1.807) is 0 Å². The third-order valence-electron chi connectivity index (χ3n) is 8.07. The van der Waals surface area contributed by atoms with Crippen molar-refractivity contribution in [3.8, 4) is 0 Å². The van der Waals surface area contributed by atoms with Gasteiger partial charge < -0.3 is 10.1 Å². The van der Waals surface area contributed by atoms with Crippen molar-refractivity contribution in [2.24, 2.45) is 23.7 Å². The van der Waals surface area contributed by atoms with Gasteiger partial charge in [0.15, 0.2) is 5.69 Å². The minimum atomic E-state index is -0.172. The number of carbonyl (C=O) groups excluding carboxylic acids is 2. The van der Waals surface area contributed by atoms with Gasteiger partial charge in [0.2, 0.25) is 0 Å². The van der Waals surface area contributed by atoms with Crippen LogP contribution in [0.15, 0.2) is 30.3 Å². The molecule has 2 bridgehead atoms. The third-order valence-corrected chi connectivity index (χ3v) is 8.07. The van der Waals surface area contributed by atoms with Gasteiger partial charge in [-0.05, 0) is 75.2 Å². The SMILES string of the molecule is CCOC(=O)C1CCc2c(C(=O)NC3CC4CC(C)CC(C4)C3)nn(Cc3ccccc3)c2C1. The number of amides is 1. The molecule has 1 N–H and O–H groups in total. The Morgan fingerprint density at radius 2 is 1.82 bits per heavy atom. The Morgan fingerprint density at radius 3 is 2.53 bits per heavy atom. The smallest absolute Gasteiger partial charge is 0.309 e. The quantitative estimate of drug-likeness (QED) is 0.638. The highest BCUT2D eigenvalue weighted by atomic mass is 16.5. The van der Waals surface area contributed by atoms with Crippen molar-refractivity contribution in [1.29, 1.82) is 0 Å². The molecule has 0 saturated heterocycles. The molecule has 6 heteroatoms. The topological polar surface area (TPSA) is 73.2 Å². The van der Waals surface area contributed by atoms with Gasteiger partial charge in [0, 0.05) is 23.7 Å². The molecular formula is C28H37N3O3. The molecule has 0 spiro atoms. The Kier molecular flexibility index (Phi) is 6.75. The van der Waals surface area contributed by atoms with Crippen LogP contribution in [0.3, 0.4) is 0 Å². The fraction of sp³-hybridized carbons (Fsp3) is 0.607. The molecule has 34 heavy (non-hydrogen) atoms. The molecule has 0 radical (unpaired) electrons. The van der Waals surface area contributed by atoms with E-state index in [2.05, 4.69) is 24.4 Å². The molecule has 1 aromatic heterocycles. The lowest BCUT2D eigenvalue weighted by molar-refractivity contribution is -0.148. The van der Waals surface area contributed by atoms with Crippen LogP contribution in [-0.4, -0.2) is 34.3 Å². The van der Waals surface area contributed by atoms with Crippen LogP contribution in [-0.2, 0) is 28.9 Å². The van der Waals surface area contributed by atoms with E-state index in [9.17, 15) is 9.59 Å². The number of hydrogen-bond donors (Lipinski definition) is 1. The van der Waals surface area contributed by atoms with E-state index in [1.807, 2.05) is 29.8 Å². The highest BCUT2D eigenvalue weighted by molar-refractivity contribution is 5.94. The molecule has 6 nitrogen and oxygen atoms in total. The second-order valence-corrected chi connectivity index (χ2v) is 10.8. The molecule has 1 amide bonds. The monoisotopic (exact) mass is 463 g/mol. The maximum atomic E-state index is 13.5. The van der Waals surface area contributed by atoms with Gasteiger partial charge in [0.05, 0.1) is 19.1 Å². The van der Waals surface area contributed by atoms with Crippen molar-refractivity contribution in [3.05, 3.63) is 52.8 Å². The number of esters is 1. The average Bonchev–Trinajstić information content (AvgIpc) is 3.17. The molecule has 1 aromatic carbocycles. The van der Waals surface area contributed by atoms with Crippen molar-refractivity contribution in [3.63, 3.8) is 0 Å². The van der Waals surface area contributed by atoms with E-state index in [0.717, 1.165) is 47.4 Å². The Morgan fingerprint density at radius 1 is 1.09 bits per heavy atom. The summed E-state index contributed by atoms with van der Waals surface area (Å²) in [6, 6.07) is 10.4. The molecule has 182 valence electrons. The first-order chi connectivity index (χ1) is 16.5. The molecule has 3 aliphatic carbocycles. The standard InChI is InChI=1S/C28H37N3O3/c1-3-34-28(33)22-9-10-24-25(16-22)31(17-19-7-5-4-6-8-19)30-26(24)27(32)29-23-14-20-11-18(2)12-21(13-20)15-23/h4-8,18,20-23H,3,9-17H2,1-2H3,(H,29,32). The molecule has 2 fully saturated rings. The lowest BCUT2D eigenvalue weighted by Crippen LogP contribution is -2.43. The van der Waals surface area contributed by atoms with Gasteiger partial charge in [-0.1, -0.05) is 37.3 Å². The zero-order chi connectivity index (χ0) is 23.7. The van der Waals surface area contributed by atoms with Gasteiger partial charge in [-0.2, -0.15) is 5.10 Å². The number of benzene rings is 1. The fourth-order valence-corrected chi connectivity index (χ4v) is 6.77. The van der Waals surface area contributed by atoms with E-state index < -0.39 is 0 Å². The zero-order valence-corrected chi connectivity index (χ0v) is 20.5. The summed E-state index contributed by atoms with van der Waals surface area (Å²) in [5, 5.41) is 8.18. The van der Waals surface area contributed by atoms with Gasteiger partial charge in [0.25, 0.3) is 5.91 Å². The van der Waals surface area contributed by atoms with Crippen molar-refractivity contribution in [2.75, 3.05) is 6.61 Å². The lowest BCUT2D eigenvalue weighted by atomic mass is 9.67. The Balaban J connectivity index is 1.37. The number of hydrogen-bond acceptors (Lipinski definition) is 4. The maximum Gasteiger partial charge on any atom is 0.309 e. The van der Waals surface area contributed by atoms with Crippen LogP contribution in [0.4, 0.5) is 0 Å². The third kappa shape index (κ3) is 4.91. The van der Waals surface area contributed by atoms with Gasteiger partial charge >= 0.3 is 5.97 Å². The van der Waals surface area contributed by atoms with Gasteiger partial charge in [-0.3, -0.25) is 14.3 Å². The molecule has 3 atom stereocenters. The summed E-state index contributed by atoms with van der Waals surface area (Å²) in [6.07, 6.45) is 8.05. The molecule has 2 saturated carbocycles. The summed E-state index contributed by atoms with van der Waals surface area (Å²) >= 11 is 0. The first-order valence-electron chi connectivity index (χ1n) is 13.1. The molecule has 3 unspecified atom stereocenters. The van der Waals surface area contributed by atoms with E-state index in [-0.39, 0.29) is 23.8 Å². The second-order valence-electron chi connectivity index (χ2n) is 10.8. The maximum absolute atomic E-state index is 13.5. The fourth-order valence-electron chi connectivity index (χ4n) is 6.77. The van der Waals surface area contributed by atoms with Crippen LogP contribution in [0.25, 0.3) is 0 Å². The van der Waals surface area contributed by atoms with E-state index in [1.165, 1.54) is 19.3 Å². The summed E-state index contributed by atoms with van der Waals surface area (Å²) in [5.74, 6) is 1.93. The first kappa shape index (κ1) is 23.1. The van der Waals surface area contributed by atoms with Gasteiger partial charge in [-0.15, -0.1) is 0 Å². The van der Waals surface area contributed by atoms with Crippen molar-refractivity contribution in [2.45, 2.75) is 77.8 Å². The first-order valence-corrected chi connectivity index (χ1v) is 13.1. The van der Waals surface area contributed by atoms with E-state index in [4.69, 9.17) is 9.84 Å². The summed E-state index contributed by atoms with van der Waals surface area (Å²) in [7, 11) is 0. The normalized spacial score (nSPS) is 28.1. The van der Waals surface area contributed by atoms with Crippen molar-refractivity contribution in [1.82, 2.24) is 15.1 Å².